The lowest BCUT2D eigenvalue weighted by Crippen LogP contribution is -2.34. The predicted molar refractivity (Wildman–Crippen MR) is 84.2 cm³/mol. The second-order valence-corrected chi connectivity index (χ2v) is 6.76. The third-order valence-corrected chi connectivity index (χ3v) is 4.63. The number of nitrogen functional groups attached to an aromatic ring is 1. The fourth-order valence-electron chi connectivity index (χ4n) is 3.18. The molecule has 2 aromatic rings. The van der Waals surface area contributed by atoms with Crippen LogP contribution in [0.4, 0.5) is 5.82 Å². The van der Waals surface area contributed by atoms with E-state index in [0.29, 0.717) is 28.3 Å². The minimum atomic E-state index is -0.693. The molecule has 9 nitrogen and oxygen atoms in total. The Morgan fingerprint density at radius 1 is 1.30 bits per heavy atom. The number of imidazole rings is 1. The second-order valence-electron chi connectivity index (χ2n) is 6.05. The largest absolute Gasteiger partial charge is 0.382 e. The van der Waals surface area contributed by atoms with Crippen molar-refractivity contribution in [2.75, 3.05) is 12.3 Å². The highest BCUT2D eigenvalue weighted by Crippen LogP contribution is 2.44. The molecule has 4 rings (SSSR count). The number of hydrogen-bond acceptors (Lipinski definition) is 8. The molecule has 4 N–H and O–H groups in total. The van der Waals surface area contributed by atoms with E-state index < -0.39 is 12.0 Å². The fraction of sp³-hybridized carbons (Fsp3) is 0.615. The van der Waals surface area contributed by atoms with Gasteiger partial charge in [0.05, 0.1) is 0 Å². The summed E-state index contributed by atoms with van der Waals surface area (Å²) in [4.78, 5) is 12.6. The van der Waals surface area contributed by atoms with Gasteiger partial charge in [0, 0.05) is 6.54 Å². The zero-order chi connectivity index (χ0) is 16.4. The van der Waals surface area contributed by atoms with Crippen molar-refractivity contribution in [3.05, 3.63) is 11.1 Å². The van der Waals surface area contributed by atoms with Crippen LogP contribution in [0.15, 0.2) is 11.1 Å². The van der Waals surface area contributed by atoms with E-state index in [4.69, 9.17) is 25.7 Å². The zero-order valence-electron chi connectivity index (χ0n) is 12.6. The Bertz CT molecular complexity index is 765. The number of nitrogens with two attached hydrogens (primary N) is 2. The predicted octanol–water partition coefficient (Wildman–Crippen LogP) is 0.547. The fourth-order valence-corrected chi connectivity index (χ4v) is 3.73. The van der Waals surface area contributed by atoms with Gasteiger partial charge in [0.2, 0.25) is 0 Å². The SMILES string of the molecule is CC1(C)O[C@@H]2[C@H](O1)[C@@H](CN)O[C@H]2n1c(Br)nc2c(N)ncnc21. The minimum Gasteiger partial charge on any atom is -0.382 e. The van der Waals surface area contributed by atoms with E-state index in [9.17, 15) is 0 Å². The minimum absolute atomic E-state index is 0.247. The summed E-state index contributed by atoms with van der Waals surface area (Å²) in [5.41, 5.74) is 12.8. The van der Waals surface area contributed by atoms with Gasteiger partial charge in [-0.25, -0.2) is 15.0 Å². The molecule has 10 heteroatoms. The van der Waals surface area contributed by atoms with Crippen LogP contribution in [-0.2, 0) is 14.2 Å². The number of ether oxygens (including phenoxy) is 3. The van der Waals surface area contributed by atoms with Crippen LogP contribution < -0.4 is 11.5 Å². The monoisotopic (exact) mass is 384 g/mol. The molecular weight excluding hydrogens is 368 g/mol. The molecule has 0 amide bonds. The first-order valence-corrected chi connectivity index (χ1v) is 8.05. The summed E-state index contributed by atoms with van der Waals surface area (Å²) in [7, 11) is 0. The van der Waals surface area contributed by atoms with Gasteiger partial charge in [-0.1, -0.05) is 0 Å². The van der Waals surface area contributed by atoms with Crippen molar-refractivity contribution in [2.45, 2.75) is 44.2 Å². The summed E-state index contributed by atoms with van der Waals surface area (Å²) in [6.45, 7) is 4.08. The van der Waals surface area contributed by atoms with Crippen molar-refractivity contribution in [3.8, 4) is 0 Å². The molecule has 0 bridgehead atoms. The third-order valence-electron chi connectivity index (χ3n) is 4.07. The van der Waals surface area contributed by atoms with Gasteiger partial charge < -0.3 is 25.7 Å². The molecule has 0 unspecified atom stereocenters. The standard InChI is InChI=1S/C13H17BrN6O3/c1-13(2)22-7-5(3-15)21-11(8(7)23-13)20-10-6(19-12(20)14)9(16)17-4-18-10/h4-5,7-8,11H,3,15H2,1-2H3,(H2,16,17,18)/t5-,7-,8-,11-/m1/s1. The maximum Gasteiger partial charge on any atom is 0.181 e. The maximum absolute atomic E-state index is 6.06. The van der Waals surface area contributed by atoms with Crippen molar-refractivity contribution in [3.63, 3.8) is 0 Å². The molecule has 124 valence electrons. The number of rotatable bonds is 2. The normalized spacial score (nSPS) is 32.5. The zero-order valence-corrected chi connectivity index (χ0v) is 14.2. The number of hydrogen-bond donors (Lipinski definition) is 2. The molecule has 0 aliphatic carbocycles. The lowest BCUT2D eigenvalue weighted by Gasteiger charge is -2.24. The summed E-state index contributed by atoms with van der Waals surface area (Å²) in [6.07, 6.45) is 0.0942. The van der Waals surface area contributed by atoms with E-state index in [1.54, 1.807) is 4.57 Å². The molecule has 4 atom stereocenters. The quantitative estimate of drug-likeness (QED) is 0.719. The van der Waals surface area contributed by atoms with Crippen molar-refractivity contribution < 1.29 is 14.2 Å². The van der Waals surface area contributed by atoms with Crippen LogP contribution in [0.3, 0.4) is 0 Å². The Morgan fingerprint density at radius 2 is 2.04 bits per heavy atom. The average Bonchev–Trinajstić information content (AvgIpc) is 3.08. The lowest BCUT2D eigenvalue weighted by molar-refractivity contribution is -0.195. The Hall–Kier alpha value is -1.33. The van der Waals surface area contributed by atoms with E-state index in [0.717, 1.165) is 0 Å². The van der Waals surface area contributed by atoms with Gasteiger partial charge in [0.25, 0.3) is 0 Å². The first kappa shape index (κ1) is 15.2. The molecule has 2 fully saturated rings. The van der Waals surface area contributed by atoms with E-state index >= 15 is 0 Å². The first-order chi connectivity index (χ1) is 10.9. The topological polar surface area (TPSA) is 123 Å². The van der Waals surface area contributed by atoms with E-state index in [-0.39, 0.29) is 18.3 Å². The Kier molecular flexibility index (Phi) is 3.36. The van der Waals surface area contributed by atoms with Crippen LogP contribution in [0.25, 0.3) is 11.2 Å². The average molecular weight is 385 g/mol. The van der Waals surface area contributed by atoms with Crippen molar-refractivity contribution >= 4 is 32.9 Å². The number of aromatic nitrogens is 4. The number of fused-ring (bicyclic) bond motifs is 2. The number of halogens is 1. The molecule has 2 aliphatic rings. The molecule has 23 heavy (non-hydrogen) atoms. The van der Waals surface area contributed by atoms with Crippen molar-refractivity contribution in [1.29, 1.82) is 0 Å². The highest BCUT2D eigenvalue weighted by molar-refractivity contribution is 9.10. The van der Waals surface area contributed by atoms with Gasteiger partial charge >= 0.3 is 0 Å². The Balaban J connectivity index is 1.82. The van der Waals surface area contributed by atoms with Gasteiger partial charge in [-0.3, -0.25) is 4.57 Å². The van der Waals surface area contributed by atoms with Crippen molar-refractivity contribution in [2.24, 2.45) is 5.73 Å². The summed E-state index contributed by atoms with van der Waals surface area (Å²) in [5, 5.41) is 0. The summed E-state index contributed by atoms with van der Waals surface area (Å²) < 4.78 is 20.4. The second kappa shape index (κ2) is 5.08. The Morgan fingerprint density at radius 3 is 2.78 bits per heavy atom. The number of anilines is 1. The van der Waals surface area contributed by atoms with Crippen molar-refractivity contribution in [1.82, 2.24) is 19.5 Å². The van der Waals surface area contributed by atoms with Crippen LogP contribution >= 0.6 is 15.9 Å². The van der Waals surface area contributed by atoms with Gasteiger partial charge in [-0.15, -0.1) is 0 Å². The number of nitrogens with zero attached hydrogens (tertiary/aromatic N) is 4. The smallest absolute Gasteiger partial charge is 0.181 e. The molecule has 0 spiro atoms. The molecule has 2 aliphatic heterocycles. The van der Waals surface area contributed by atoms with Crippen LogP contribution in [0.5, 0.6) is 0 Å². The Labute approximate surface area is 140 Å². The molecular formula is C13H17BrN6O3. The van der Waals surface area contributed by atoms with Gasteiger partial charge in [-0.2, -0.15) is 0 Å². The van der Waals surface area contributed by atoms with E-state index in [1.165, 1.54) is 6.33 Å². The molecule has 0 radical (unpaired) electrons. The first-order valence-electron chi connectivity index (χ1n) is 7.26. The summed E-state index contributed by atoms with van der Waals surface area (Å²) >= 11 is 3.44. The molecule has 2 saturated heterocycles. The van der Waals surface area contributed by atoms with E-state index in [1.807, 2.05) is 13.8 Å². The highest BCUT2D eigenvalue weighted by Gasteiger charge is 2.56. The highest BCUT2D eigenvalue weighted by atomic mass is 79.9. The van der Waals surface area contributed by atoms with E-state index in [2.05, 4.69) is 30.9 Å². The van der Waals surface area contributed by atoms with Crippen LogP contribution in [0, 0.1) is 0 Å². The van der Waals surface area contributed by atoms with Crippen LogP contribution in [0.1, 0.15) is 20.1 Å². The third kappa shape index (κ3) is 2.24. The maximum atomic E-state index is 6.06. The molecule has 0 saturated carbocycles. The van der Waals surface area contributed by atoms with Gasteiger partial charge in [0.15, 0.2) is 33.7 Å². The molecule has 2 aromatic heterocycles. The summed E-state index contributed by atoms with van der Waals surface area (Å²) in [6, 6.07) is 0. The summed E-state index contributed by atoms with van der Waals surface area (Å²) in [5.74, 6) is -0.384. The lowest BCUT2D eigenvalue weighted by atomic mass is 10.1. The molecule has 0 aromatic carbocycles. The molecule has 4 heterocycles. The van der Waals surface area contributed by atoms with Gasteiger partial charge in [-0.05, 0) is 29.8 Å². The van der Waals surface area contributed by atoms with Crippen LogP contribution in [-0.4, -0.2) is 50.2 Å². The van der Waals surface area contributed by atoms with Crippen LogP contribution in [0.2, 0.25) is 0 Å². The van der Waals surface area contributed by atoms with Gasteiger partial charge in [0.1, 0.15) is 24.6 Å².